The minimum absolute atomic E-state index is 0.0843. The summed E-state index contributed by atoms with van der Waals surface area (Å²) in [4.78, 5) is 23.7. The van der Waals surface area contributed by atoms with Crippen molar-refractivity contribution in [1.82, 2.24) is 5.32 Å². The maximum atomic E-state index is 13.8. The number of carboxylic acids is 1. The molecule has 158 valence electrons. The number of ether oxygens (including phenoxy) is 1. The van der Waals surface area contributed by atoms with Gasteiger partial charge in [-0.05, 0) is 39.9 Å². The van der Waals surface area contributed by atoms with Crippen molar-refractivity contribution in [1.29, 1.82) is 0 Å². The van der Waals surface area contributed by atoms with Gasteiger partial charge in [-0.2, -0.15) is 0 Å². The number of amides is 1. The van der Waals surface area contributed by atoms with E-state index in [-0.39, 0.29) is 23.1 Å². The zero-order chi connectivity index (χ0) is 22.0. The lowest BCUT2D eigenvalue weighted by molar-refractivity contribution is -0.137. The lowest BCUT2D eigenvalue weighted by atomic mass is 9.98. The molecule has 0 saturated carbocycles. The van der Waals surface area contributed by atoms with Gasteiger partial charge in [0.05, 0.1) is 17.5 Å². The van der Waals surface area contributed by atoms with Crippen LogP contribution in [-0.4, -0.2) is 23.8 Å². The second kappa shape index (κ2) is 8.78. The molecule has 0 aliphatic heterocycles. The lowest BCUT2D eigenvalue weighted by Gasteiger charge is -2.19. The van der Waals surface area contributed by atoms with Gasteiger partial charge in [-0.3, -0.25) is 4.79 Å². The minimum Gasteiger partial charge on any atom is -0.481 e. The number of carboxylic acid groups (broad SMARTS) is 1. The van der Waals surface area contributed by atoms with E-state index < -0.39 is 30.3 Å². The third kappa shape index (κ3) is 4.39. The summed E-state index contributed by atoms with van der Waals surface area (Å²) in [5.74, 6) is -1.95. The van der Waals surface area contributed by atoms with Crippen LogP contribution in [0, 0.1) is 5.82 Å². The smallest absolute Gasteiger partial charge is 0.407 e. The third-order valence-electron chi connectivity index (χ3n) is 5.36. The topological polar surface area (TPSA) is 75.6 Å². The largest absolute Gasteiger partial charge is 0.481 e. The molecule has 3 aromatic carbocycles. The van der Waals surface area contributed by atoms with Crippen LogP contribution in [0.2, 0.25) is 5.02 Å². The number of hydrogen-bond acceptors (Lipinski definition) is 3. The van der Waals surface area contributed by atoms with Crippen molar-refractivity contribution in [3.05, 3.63) is 94.3 Å². The number of halogens is 2. The van der Waals surface area contributed by atoms with Crippen LogP contribution >= 0.6 is 11.6 Å². The predicted molar refractivity (Wildman–Crippen MR) is 115 cm³/mol. The Morgan fingerprint density at radius 3 is 2.23 bits per heavy atom. The van der Waals surface area contributed by atoms with E-state index in [0.717, 1.165) is 28.3 Å². The van der Waals surface area contributed by atoms with Crippen molar-refractivity contribution in [2.45, 2.75) is 18.4 Å². The molecule has 1 aliphatic rings. The van der Waals surface area contributed by atoms with Crippen LogP contribution in [0.4, 0.5) is 9.18 Å². The van der Waals surface area contributed by atoms with Crippen LogP contribution in [0.15, 0.2) is 66.7 Å². The Hall–Kier alpha value is -3.38. The molecule has 0 unspecified atom stereocenters. The van der Waals surface area contributed by atoms with E-state index >= 15 is 0 Å². The van der Waals surface area contributed by atoms with E-state index in [9.17, 15) is 19.1 Å². The molecule has 31 heavy (non-hydrogen) atoms. The summed E-state index contributed by atoms with van der Waals surface area (Å²) < 4.78 is 19.3. The van der Waals surface area contributed by atoms with Crippen LogP contribution in [0.25, 0.3) is 11.1 Å². The Labute approximate surface area is 183 Å². The van der Waals surface area contributed by atoms with Gasteiger partial charge in [0.2, 0.25) is 0 Å². The summed E-state index contributed by atoms with van der Waals surface area (Å²) >= 11 is 5.70. The molecular formula is C24H19ClFNO4. The number of benzene rings is 3. The number of rotatable bonds is 6. The molecule has 7 heteroatoms. The number of fused-ring (bicyclic) bond motifs is 3. The molecule has 0 aromatic heterocycles. The molecule has 0 fully saturated rings. The summed E-state index contributed by atoms with van der Waals surface area (Å²) in [5.41, 5.74) is 4.63. The van der Waals surface area contributed by atoms with Crippen LogP contribution in [0.5, 0.6) is 0 Å². The highest BCUT2D eigenvalue weighted by Crippen LogP contribution is 2.44. The van der Waals surface area contributed by atoms with E-state index in [0.29, 0.717) is 0 Å². The standard InChI is InChI=1S/C24H19ClFNO4/c25-20-10-9-14(11-21(20)26)22(12-23(28)29)27-24(30)31-13-19-17-7-3-1-5-15(17)16-6-2-4-8-18(16)19/h1-11,19,22H,12-13H2,(H,27,30)(H,28,29)/t22-/m0/s1. The van der Waals surface area contributed by atoms with Gasteiger partial charge in [0.25, 0.3) is 0 Å². The molecule has 1 aliphatic carbocycles. The summed E-state index contributed by atoms with van der Waals surface area (Å²) in [6.45, 7) is 0.0919. The monoisotopic (exact) mass is 439 g/mol. The Kier molecular flexibility index (Phi) is 5.91. The fourth-order valence-corrected chi connectivity index (χ4v) is 4.06. The SMILES string of the molecule is O=C(O)C[C@H](NC(=O)OCC1c2ccccc2-c2ccccc21)c1ccc(Cl)c(F)c1. The minimum atomic E-state index is -1.14. The average molecular weight is 440 g/mol. The number of carbonyl (C=O) groups excluding carboxylic acids is 1. The fraction of sp³-hybridized carbons (Fsp3) is 0.167. The molecular weight excluding hydrogens is 421 g/mol. The predicted octanol–water partition coefficient (Wildman–Crippen LogP) is 5.53. The zero-order valence-corrected chi connectivity index (χ0v) is 17.1. The summed E-state index contributed by atoms with van der Waals surface area (Å²) in [6.07, 6.45) is -1.20. The van der Waals surface area contributed by atoms with Gasteiger partial charge in [0, 0.05) is 5.92 Å². The average Bonchev–Trinajstić information content (AvgIpc) is 3.07. The van der Waals surface area contributed by atoms with Crippen molar-refractivity contribution in [3.63, 3.8) is 0 Å². The van der Waals surface area contributed by atoms with Crippen LogP contribution < -0.4 is 5.32 Å². The van der Waals surface area contributed by atoms with Crippen molar-refractivity contribution >= 4 is 23.7 Å². The van der Waals surface area contributed by atoms with Crippen LogP contribution in [-0.2, 0) is 9.53 Å². The molecule has 0 bridgehead atoms. The van der Waals surface area contributed by atoms with Crippen LogP contribution in [0.1, 0.15) is 35.1 Å². The summed E-state index contributed by atoms with van der Waals surface area (Å²) in [6, 6.07) is 18.8. The van der Waals surface area contributed by atoms with Crippen molar-refractivity contribution in [3.8, 4) is 11.1 Å². The number of nitrogens with one attached hydrogen (secondary N) is 1. The summed E-state index contributed by atoms with van der Waals surface area (Å²) in [5, 5.41) is 11.6. The number of carbonyl (C=O) groups is 2. The molecule has 0 saturated heterocycles. The highest BCUT2D eigenvalue weighted by atomic mass is 35.5. The maximum absolute atomic E-state index is 13.8. The van der Waals surface area contributed by atoms with E-state index in [4.69, 9.17) is 16.3 Å². The number of aliphatic carboxylic acids is 1. The molecule has 1 amide bonds. The van der Waals surface area contributed by atoms with Gasteiger partial charge in [-0.1, -0.05) is 66.2 Å². The van der Waals surface area contributed by atoms with Crippen molar-refractivity contribution in [2.75, 3.05) is 6.61 Å². The quantitative estimate of drug-likeness (QED) is 0.529. The second-order valence-electron chi connectivity index (χ2n) is 7.29. The Morgan fingerprint density at radius 2 is 1.65 bits per heavy atom. The molecule has 0 radical (unpaired) electrons. The van der Waals surface area contributed by atoms with Gasteiger partial charge >= 0.3 is 12.1 Å². The van der Waals surface area contributed by atoms with Gasteiger partial charge in [0.1, 0.15) is 12.4 Å². The van der Waals surface area contributed by atoms with Crippen molar-refractivity contribution in [2.24, 2.45) is 0 Å². The first-order chi connectivity index (χ1) is 14.9. The second-order valence-corrected chi connectivity index (χ2v) is 7.70. The molecule has 2 N–H and O–H groups in total. The molecule has 5 nitrogen and oxygen atoms in total. The highest BCUT2D eigenvalue weighted by Gasteiger charge is 2.29. The van der Waals surface area contributed by atoms with Gasteiger partial charge in [0.15, 0.2) is 0 Å². The molecule has 3 aromatic rings. The molecule has 0 spiro atoms. The first-order valence-electron chi connectivity index (χ1n) is 9.72. The third-order valence-corrected chi connectivity index (χ3v) is 5.67. The first kappa shape index (κ1) is 20.9. The molecule has 0 heterocycles. The van der Waals surface area contributed by atoms with E-state index in [1.54, 1.807) is 0 Å². The van der Waals surface area contributed by atoms with Crippen LogP contribution in [0.3, 0.4) is 0 Å². The van der Waals surface area contributed by atoms with Gasteiger partial charge in [-0.25, -0.2) is 9.18 Å². The normalized spacial score (nSPS) is 13.2. The Bertz CT molecular complexity index is 1100. The maximum Gasteiger partial charge on any atom is 0.407 e. The lowest BCUT2D eigenvalue weighted by Crippen LogP contribution is -2.31. The Balaban J connectivity index is 1.49. The van der Waals surface area contributed by atoms with E-state index in [1.165, 1.54) is 12.1 Å². The van der Waals surface area contributed by atoms with E-state index in [2.05, 4.69) is 5.32 Å². The first-order valence-corrected chi connectivity index (χ1v) is 10.1. The number of alkyl carbamates (subject to hydrolysis) is 1. The fourth-order valence-electron chi connectivity index (χ4n) is 3.94. The Morgan fingerprint density at radius 1 is 1.03 bits per heavy atom. The summed E-state index contributed by atoms with van der Waals surface area (Å²) in [7, 11) is 0. The molecule has 4 rings (SSSR count). The highest BCUT2D eigenvalue weighted by molar-refractivity contribution is 6.30. The number of hydrogen-bond donors (Lipinski definition) is 2. The van der Waals surface area contributed by atoms with Gasteiger partial charge < -0.3 is 15.2 Å². The zero-order valence-electron chi connectivity index (χ0n) is 16.3. The molecule has 1 atom stereocenters. The van der Waals surface area contributed by atoms with E-state index in [1.807, 2.05) is 48.5 Å². The van der Waals surface area contributed by atoms with Crippen molar-refractivity contribution < 1.29 is 23.8 Å². The van der Waals surface area contributed by atoms with Gasteiger partial charge in [-0.15, -0.1) is 0 Å².